The number of carbonyl (C=O) groups excluding carboxylic acids is 1. The van der Waals surface area contributed by atoms with E-state index in [-0.39, 0.29) is 29.2 Å². The van der Waals surface area contributed by atoms with Crippen LogP contribution in [0.3, 0.4) is 0 Å². The highest BCUT2D eigenvalue weighted by Crippen LogP contribution is 2.22. The molecule has 2 saturated heterocycles. The van der Waals surface area contributed by atoms with Crippen LogP contribution in [0.1, 0.15) is 17.5 Å². The summed E-state index contributed by atoms with van der Waals surface area (Å²) >= 11 is 1.33. The van der Waals surface area contributed by atoms with Gasteiger partial charge in [0.25, 0.3) is 0 Å². The van der Waals surface area contributed by atoms with Gasteiger partial charge < -0.3 is 4.90 Å². The van der Waals surface area contributed by atoms with E-state index < -0.39 is 9.84 Å². The van der Waals surface area contributed by atoms with Gasteiger partial charge in [0.1, 0.15) is 0 Å². The SMILES string of the molecule is Cc1ccc(-n2nnnc2SCC(=O)N2CCN([C@@H]3CCS(=O)(=O)C3)CC2)cc1C. The maximum atomic E-state index is 12.7. The highest BCUT2D eigenvalue weighted by atomic mass is 32.2. The average Bonchev–Trinajstić information content (AvgIpc) is 3.34. The van der Waals surface area contributed by atoms with Crippen LogP contribution < -0.4 is 0 Å². The van der Waals surface area contributed by atoms with Crippen molar-refractivity contribution in [2.45, 2.75) is 31.5 Å². The molecule has 0 saturated carbocycles. The lowest BCUT2D eigenvalue weighted by atomic mass is 10.1. The molecule has 0 aliphatic carbocycles. The Morgan fingerprint density at radius 3 is 2.60 bits per heavy atom. The van der Waals surface area contributed by atoms with Gasteiger partial charge in [0.15, 0.2) is 9.84 Å². The minimum absolute atomic E-state index is 0.0494. The van der Waals surface area contributed by atoms with E-state index in [9.17, 15) is 13.2 Å². The fourth-order valence-electron chi connectivity index (χ4n) is 3.91. The molecule has 2 aromatic rings. The molecule has 1 aromatic carbocycles. The molecule has 162 valence electrons. The number of hydrogen-bond acceptors (Lipinski definition) is 8. The first kappa shape index (κ1) is 21.3. The average molecular weight is 451 g/mol. The predicted octanol–water partition coefficient (Wildman–Crippen LogP) is 0.703. The molecule has 3 heterocycles. The number of carbonyl (C=O) groups is 1. The Kier molecular flexibility index (Phi) is 6.12. The highest BCUT2D eigenvalue weighted by molar-refractivity contribution is 7.99. The summed E-state index contributed by atoms with van der Waals surface area (Å²) in [4.78, 5) is 16.7. The molecule has 2 aliphatic heterocycles. The molecule has 0 N–H and O–H groups in total. The number of thioether (sulfide) groups is 1. The summed E-state index contributed by atoms with van der Waals surface area (Å²) in [5.74, 6) is 0.845. The second-order valence-electron chi connectivity index (χ2n) is 7.90. The van der Waals surface area contributed by atoms with Crippen LogP contribution in [-0.2, 0) is 14.6 Å². The lowest BCUT2D eigenvalue weighted by Gasteiger charge is -2.37. The summed E-state index contributed by atoms with van der Waals surface area (Å²) < 4.78 is 25.1. The van der Waals surface area contributed by atoms with Gasteiger partial charge in [0.2, 0.25) is 11.1 Å². The fraction of sp³-hybridized carbons (Fsp3) is 0.579. The number of aryl methyl sites for hydroxylation is 2. The Hall–Kier alpha value is -1.98. The zero-order valence-corrected chi connectivity index (χ0v) is 18.8. The standard InChI is InChI=1S/C19H26N6O3S2/c1-14-3-4-16(11-15(14)2)25-19(20-21-22-25)29-12-18(26)24-8-6-23(7-9-24)17-5-10-30(27,28)13-17/h3-4,11,17H,5-10,12-13H2,1-2H3/t17-/m1/s1. The van der Waals surface area contributed by atoms with Gasteiger partial charge in [-0.3, -0.25) is 9.69 Å². The quantitative estimate of drug-likeness (QED) is 0.614. The molecule has 9 nitrogen and oxygen atoms in total. The summed E-state index contributed by atoms with van der Waals surface area (Å²) in [7, 11) is -2.89. The molecule has 1 atom stereocenters. The van der Waals surface area contributed by atoms with Crippen LogP contribution in [0.5, 0.6) is 0 Å². The van der Waals surface area contributed by atoms with Crippen molar-refractivity contribution >= 4 is 27.5 Å². The van der Waals surface area contributed by atoms with E-state index in [2.05, 4.69) is 27.3 Å². The van der Waals surface area contributed by atoms with Gasteiger partial charge in [-0.2, -0.15) is 4.68 Å². The third-order valence-corrected chi connectivity index (χ3v) is 8.55. The van der Waals surface area contributed by atoms with E-state index in [4.69, 9.17) is 0 Å². The third kappa shape index (κ3) is 4.68. The van der Waals surface area contributed by atoms with Crippen LogP contribution in [0.25, 0.3) is 5.69 Å². The molecule has 0 radical (unpaired) electrons. The maximum absolute atomic E-state index is 12.7. The molecule has 2 fully saturated rings. The molecular weight excluding hydrogens is 424 g/mol. The molecule has 4 rings (SSSR count). The van der Waals surface area contributed by atoms with Gasteiger partial charge in [-0.05, 0) is 54.0 Å². The summed E-state index contributed by atoms with van der Waals surface area (Å²) in [6.45, 7) is 6.78. The third-order valence-electron chi connectivity index (χ3n) is 5.89. The Morgan fingerprint density at radius 2 is 1.93 bits per heavy atom. The smallest absolute Gasteiger partial charge is 0.233 e. The van der Waals surface area contributed by atoms with E-state index in [1.165, 1.54) is 17.3 Å². The number of benzene rings is 1. The van der Waals surface area contributed by atoms with Crippen LogP contribution in [0.4, 0.5) is 0 Å². The number of sulfone groups is 1. The van der Waals surface area contributed by atoms with E-state index in [1.807, 2.05) is 30.0 Å². The van der Waals surface area contributed by atoms with Crippen molar-refractivity contribution < 1.29 is 13.2 Å². The van der Waals surface area contributed by atoms with Crippen molar-refractivity contribution in [3.8, 4) is 5.69 Å². The first-order chi connectivity index (χ1) is 14.3. The number of tetrazole rings is 1. The zero-order valence-electron chi connectivity index (χ0n) is 17.2. The minimum atomic E-state index is -2.89. The fourth-order valence-corrected chi connectivity index (χ4v) is 6.46. The van der Waals surface area contributed by atoms with E-state index in [0.29, 0.717) is 24.7 Å². The van der Waals surface area contributed by atoms with Gasteiger partial charge in [-0.25, -0.2) is 8.42 Å². The molecule has 0 bridgehead atoms. The van der Waals surface area contributed by atoms with Crippen molar-refractivity contribution in [3.63, 3.8) is 0 Å². The highest BCUT2D eigenvalue weighted by Gasteiger charge is 2.34. The number of nitrogens with zero attached hydrogens (tertiary/aromatic N) is 6. The van der Waals surface area contributed by atoms with Gasteiger partial charge in [0, 0.05) is 32.2 Å². The van der Waals surface area contributed by atoms with Crippen LogP contribution in [0.2, 0.25) is 0 Å². The lowest BCUT2D eigenvalue weighted by molar-refractivity contribution is -0.130. The van der Waals surface area contributed by atoms with Crippen LogP contribution >= 0.6 is 11.8 Å². The maximum Gasteiger partial charge on any atom is 0.233 e. The van der Waals surface area contributed by atoms with E-state index >= 15 is 0 Å². The van der Waals surface area contributed by atoms with Gasteiger partial charge in [-0.1, -0.05) is 17.8 Å². The topological polar surface area (TPSA) is 101 Å². The van der Waals surface area contributed by atoms with Crippen molar-refractivity contribution in [2.24, 2.45) is 0 Å². The molecule has 2 aliphatic rings. The van der Waals surface area contributed by atoms with E-state index in [1.54, 1.807) is 4.68 Å². The molecular formula is C19H26N6O3S2. The Morgan fingerprint density at radius 1 is 1.17 bits per heavy atom. The molecule has 0 unspecified atom stereocenters. The zero-order chi connectivity index (χ0) is 21.3. The Labute approximate surface area is 180 Å². The van der Waals surface area contributed by atoms with Crippen LogP contribution in [0, 0.1) is 13.8 Å². The second kappa shape index (κ2) is 8.64. The molecule has 1 aromatic heterocycles. The number of piperazine rings is 1. The van der Waals surface area contributed by atoms with Gasteiger partial charge in [-0.15, -0.1) is 5.10 Å². The van der Waals surface area contributed by atoms with E-state index in [0.717, 1.165) is 24.3 Å². The first-order valence-electron chi connectivity index (χ1n) is 10.0. The van der Waals surface area contributed by atoms with Crippen LogP contribution in [-0.4, -0.2) is 93.8 Å². The van der Waals surface area contributed by atoms with Crippen molar-refractivity contribution in [1.82, 2.24) is 30.0 Å². The Balaban J connectivity index is 1.31. The summed E-state index contributed by atoms with van der Waals surface area (Å²) in [5.41, 5.74) is 3.23. The molecule has 30 heavy (non-hydrogen) atoms. The summed E-state index contributed by atoms with van der Waals surface area (Å²) in [6.07, 6.45) is 0.702. The van der Waals surface area contributed by atoms with Gasteiger partial charge >= 0.3 is 0 Å². The Bertz CT molecular complexity index is 1030. The molecule has 1 amide bonds. The summed E-state index contributed by atoms with van der Waals surface area (Å²) in [5, 5.41) is 12.5. The number of aromatic nitrogens is 4. The van der Waals surface area contributed by atoms with Crippen molar-refractivity contribution in [1.29, 1.82) is 0 Å². The minimum Gasteiger partial charge on any atom is -0.339 e. The van der Waals surface area contributed by atoms with Gasteiger partial charge in [0.05, 0.1) is 22.9 Å². The largest absolute Gasteiger partial charge is 0.339 e. The molecule has 11 heteroatoms. The number of hydrogen-bond donors (Lipinski definition) is 0. The predicted molar refractivity (Wildman–Crippen MR) is 115 cm³/mol. The molecule has 0 spiro atoms. The van der Waals surface area contributed by atoms with Crippen LogP contribution in [0.15, 0.2) is 23.4 Å². The lowest BCUT2D eigenvalue weighted by Crippen LogP contribution is -2.52. The van der Waals surface area contributed by atoms with Crippen molar-refractivity contribution in [2.75, 3.05) is 43.4 Å². The first-order valence-corrected chi connectivity index (χ1v) is 12.8. The second-order valence-corrected chi connectivity index (χ2v) is 11.1. The van der Waals surface area contributed by atoms with Crippen molar-refractivity contribution in [3.05, 3.63) is 29.3 Å². The number of amides is 1. The number of rotatable bonds is 5. The summed E-state index contributed by atoms with van der Waals surface area (Å²) in [6, 6.07) is 6.12. The normalized spacial score (nSPS) is 21.8. The monoisotopic (exact) mass is 450 g/mol.